The number of benzene rings is 1. The Morgan fingerprint density at radius 3 is 2.00 bits per heavy atom. The van der Waals surface area contributed by atoms with Gasteiger partial charge in [0.1, 0.15) is 0 Å². The van der Waals surface area contributed by atoms with E-state index in [1.54, 1.807) is 23.9 Å². The second-order valence-electron chi connectivity index (χ2n) is 6.62. The van der Waals surface area contributed by atoms with E-state index in [-0.39, 0.29) is 12.3 Å². The number of hydrogen-bond acceptors (Lipinski definition) is 4. The van der Waals surface area contributed by atoms with Gasteiger partial charge in [-0.15, -0.1) is 11.8 Å². The first kappa shape index (κ1) is 34.1. The van der Waals surface area contributed by atoms with Crippen molar-refractivity contribution in [1.82, 2.24) is 12.3 Å². The third-order valence-electron chi connectivity index (χ3n) is 3.91. The molecule has 4 nitrogen and oxygen atoms in total. The number of aromatic carboxylic acids is 1. The first-order valence-corrected chi connectivity index (χ1v) is 15.7. The van der Waals surface area contributed by atoms with Crippen LogP contribution in [0.25, 0.3) is 0 Å². The molecule has 176 valence electrons. The average Bonchev–Trinajstić information content (AvgIpc) is 2.62. The molecule has 0 atom stereocenters. The number of rotatable bonds is 10. The molecule has 0 saturated carbocycles. The van der Waals surface area contributed by atoms with Gasteiger partial charge in [-0.1, -0.05) is 47.1 Å². The molecule has 0 amide bonds. The van der Waals surface area contributed by atoms with Crippen LogP contribution in [-0.2, 0) is 16.5 Å². The Balaban J connectivity index is -0.00000137. The van der Waals surface area contributed by atoms with E-state index in [2.05, 4.69) is 45.9 Å². The molecule has 0 unspecified atom stereocenters. The number of carboxylic acid groups (broad SMARTS) is 1. The fraction of sp³-hybridized carbons (Fsp3) is 0.409. The molecular weight excluding hydrogens is 622 g/mol. The molecule has 0 spiro atoms. The zero-order chi connectivity index (χ0) is 21.4. The van der Waals surface area contributed by atoms with Gasteiger partial charge in [0, 0.05) is 10.6 Å². The van der Waals surface area contributed by atoms with Gasteiger partial charge in [0.15, 0.2) is 0 Å². The summed E-state index contributed by atoms with van der Waals surface area (Å²) >= 11 is 1.11. The van der Waals surface area contributed by atoms with Gasteiger partial charge in [-0.2, -0.15) is 0 Å². The van der Waals surface area contributed by atoms with Gasteiger partial charge in [-0.25, -0.2) is 4.79 Å². The Bertz CT molecular complexity index is 691. The van der Waals surface area contributed by atoms with Crippen LogP contribution in [0.2, 0.25) is 0 Å². The summed E-state index contributed by atoms with van der Waals surface area (Å²) in [5, 5.41) is 9.20. The molecule has 0 fully saturated rings. The average molecular weight is 659 g/mol. The van der Waals surface area contributed by atoms with Crippen LogP contribution in [0.1, 0.15) is 63.7 Å². The zero-order valence-corrected chi connectivity index (χ0v) is 22.9. The monoisotopic (exact) mass is 657 g/mol. The number of halogens is 2. The van der Waals surface area contributed by atoms with Crippen LogP contribution in [0.3, 0.4) is 0 Å². The summed E-state index contributed by atoms with van der Waals surface area (Å²) in [7, 11) is 9.75. The van der Waals surface area contributed by atoms with E-state index in [1.165, 1.54) is 16.7 Å². The molecule has 0 aliphatic carbocycles. The van der Waals surface area contributed by atoms with Crippen molar-refractivity contribution in [3.05, 3.63) is 64.8 Å². The molecule has 0 aliphatic heterocycles. The molecule has 7 N–H and O–H groups in total. The maximum absolute atomic E-state index is 11.2. The summed E-state index contributed by atoms with van der Waals surface area (Å²) in [6.45, 7) is 8.63. The number of allylic oxidation sites excluding steroid dienone is 5. The third kappa shape index (κ3) is 18.2. The molecule has 8 heteroatoms. The molecule has 30 heavy (non-hydrogen) atoms. The second kappa shape index (κ2) is 21.7. The van der Waals surface area contributed by atoms with Crippen LogP contribution in [0.5, 0.6) is 0 Å². The SMILES string of the molecule is CC(C)=CCC/C(C)=C/CC/C(C)=C/CSc1ccccc1C(=O)O.N.N.[Cl][Pt][Cl]. The number of carboxylic acids is 1. The van der Waals surface area contributed by atoms with Gasteiger partial charge < -0.3 is 17.4 Å². The van der Waals surface area contributed by atoms with Crippen LogP contribution in [0.15, 0.2) is 64.1 Å². The fourth-order valence-corrected chi connectivity index (χ4v) is 3.41. The Morgan fingerprint density at radius 2 is 1.47 bits per heavy atom. The van der Waals surface area contributed by atoms with E-state index < -0.39 is 22.5 Å². The first-order chi connectivity index (χ1) is 13.3. The van der Waals surface area contributed by atoms with Gasteiger partial charge in [0.05, 0.1) is 5.56 Å². The van der Waals surface area contributed by atoms with E-state index in [1.807, 2.05) is 12.1 Å². The Hall–Kier alpha value is -0.552. The van der Waals surface area contributed by atoms with Crippen molar-refractivity contribution in [3.63, 3.8) is 0 Å². The quantitative estimate of drug-likeness (QED) is 0.172. The predicted molar refractivity (Wildman–Crippen MR) is 131 cm³/mol. The normalized spacial score (nSPS) is 10.9. The predicted octanol–water partition coefficient (Wildman–Crippen LogP) is 8.60. The van der Waals surface area contributed by atoms with Crippen LogP contribution >= 0.6 is 30.6 Å². The van der Waals surface area contributed by atoms with Crippen LogP contribution in [-0.4, -0.2) is 16.8 Å². The number of hydrogen-bond donors (Lipinski definition) is 3. The summed E-state index contributed by atoms with van der Waals surface area (Å²) < 4.78 is 0. The zero-order valence-electron chi connectivity index (χ0n) is 18.3. The van der Waals surface area contributed by atoms with Crippen LogP contribution in [0.4, 0.5) is 0 Å². The van der Waals surface area contributed by atoms with E-state index in [0.717, 1.165) is 36.3 Å². The Kier molecular flexibility index (Phi) is 24.6. The van der Waals surface area contributed by atoms with E-state index in [9.17, 15) is 9.90 Å². The number of thioether (sulfide) groups is 1. The van der Waals surface area contributed by atoms with Crippen LogP contribution in [0, 0.1) is 0 Å². The Labute approximate surface area is 203 Å². The standard InChI is InChI=1S/C22H30O2S.2ClH.2H3N.Pt/c1-17(2)9-7-10-18(3)11-8-12-19(4)15-16-25-21-14-6-5-13-20(21)22(23)24;;;;;/h5-6,9,11,13-15H,7-8,10,12,16H2,1-4H3,(H,23,24);2*1H;2*1H3;/q;;;;;+2/p-2/b18-11+,19-15+;;;;;. The summed E-state index contributed by atoms with van der Waals surface area (Å²) in [6, 6.07) is 7.18. The number of carbonyl (C=O) groups is 1. The van der Waals surface area contributed by atoms with Crippen molar-refractivity contribution in [2.75, 3.05) is 5.75 Å². The molecular formula is C22H36Cl2N2O2PtS. The van der Waals surface area contributed by atoms with Crippen molar-refractivity contribution >= 4 is 36.6 Å². The first-order valence-electron chi connectivity index (χ1n) is 9.03. The van der Waals surface area contributed by atoms with E-state index in [0.29, 0.717) is 5.56 Å². The van der Waals surface area contributed by atoms with Crippen molar-refractivity contribution in [3.8, 4) is 0 Å². The van der Waals surface area contributed by atoms with Gasteiger partial charge >= 0.3 is 41.3 Å². The summed E-state index contributed by atoms with van der Waals surface area (Å²) in [4.78, 5) is 12.0. The third-order valence-corrected chi connectivity index (χ3v) is 4.91. The Morgan fingerprint density at radius 1 is 0.967 bits per heavy atom. The molecule has 0 heterocycles. The molecule has 0 aromatic heterocycles. The summed E-state index contributed by atoms with van der Waals surface area (Å²) in [5.41, 5.74) is 4.57. The fourth-order valence-electron chi connectivity index (χ4n) is 2.38. The van der Waals surface area contributed by atoms with Gasteiger partial charge in [0.25, 0.3) is 0 Å². The molecule has 0 bridgehead atoms. The van der Waals surface area contributed by atoms with Crippen LogP contribution < -0.4 is 12.3 Å². The molecule has 0 saturated heterocycles. The van der Waals surface area contributed by atoms with E-state index in [4.69, 9.17) is 18.8 Å². The summed E-state index contributed by atoms with van der Waals surface area (Å²) in [6.07, 6.45) is 11.2. The van der Waals surface area contributed by atoms with Gasteiger partial charge in [0.2, 0.25) is 0 Å². The van der Waals surface area contributed by atoms with Crippen molar-refractivity contribution in [2.45, 2.75) is 58.3 Å². The molecule has 0 aliphatic rings. The van der Waals surface area contributed by atoms with Crippen molar-refractivity contribution in [2.24, 2.45) is 0 Å². The van der Waals surface area contributed by atoms with Gasteiger partial charge in [-0.3, -0.25) is 0 Å². The topological polar surface area (TPSA) is 107 Å². The maximum atomic E-state index is 11.2. The summed E-state index contributed by atoms with van der Waals surface area (Å²) in [5.74, 6) is -0.0584. The second-order valence-corrected chi connectivity index (χ2v) is 11.0. The minimum absolute atomic E-state index is 0. The minimum atomic E-state index is -0.863. The molecule has 0 radical (unpaired) electrons. The van der Waals surface area contributed by atoms with Gasteiger partial charge in [-0.05, 0) is 65.5 Å². The van der Waals surface area contributed by atoms with Crippen molar-refractivity contribution < 1.29 is 26.4 Å². The molecule has 1 rings (SSSR count). The molecule has 1 aromatic rings. The molecule has 1 aromatic carbocycles. The van der Waals surface area contributed by atoms with E-state index >= 15 is 0 Å². The van der Waals surface area contributed by atoms with Crippen molar-refractivity contribution in [1.29, 1.82) is 0 Å².